The van der Waals surface area contributed by atoms with Gasteiger partial charge in [-0.05, 0) is 44.2 Å². The quantitative estimate of drug-likeness (QED) is 0.806. The second-order valence-corrected chi connectivity index (χ2v) is 7.86. The smallest absolute Gasteiger partial charge is 0.150 e. The molecule has 2 atom stereocenters. The van der Waals surface area contributed by atoms with Crippen LogP contribution in [0.5, 0.6) is 0 Å². The van der Waals surface area contributed by atoms with E-state index in [0.717, 1.165) is 32.4 Å². The van der Waals surface area contributed by atoms with Crippen molar-refractivity contribution in [3.05, 3.63) is 0 Å². The third kappa shape index (κ3) is 4.83. The highest BCUT2D eigenvalue weighted by Crippen LogP contribution is 2.27. The van der Waals surface area contributed by atoms with Crippen molar-refractivity contribution in [2.45, 2.75) is 44.8 Å². The Hall–Kier alpha value is -0.0900. The van der Waals surface area contributed by atoms with Crippen LogP contribution < -0.4 is 5.32 Å². The van der Waals surface area contributed by atoms with E-state index in [1.54, 1.807) is 0 Å². The topological polar surface area (TPSA) is 46.2 Å². The highest BCUT2D eigenvalue weighted by molar-refractivity contribution is 7.91. The Bertz CT molecular complexity index is 298. The molecule has 2 unspecified atom stereocenters. The first kappa shape index (κ1) is 14.0. The monoisotopic (exact) mass is 247 g/mol. The number of hydrogen-bond donors (Lipinski definition) is 1. The minimum atomic E-state index is -2.83. The summed E-state index contributed by atoms with van der Waals surface area (Å²) in [6.45, 7) is 6.38. The van der Waals surface area contributed by atoms with Crippen LogP contribution >= 0.6 is 0 Å². The molecule has 1 aliphatic rings. The largest absolute Gasteiger partial charge is 0.316 e. The van der Waals surface area contributed by atoms with Crippen LogP contribution in [0.2, 0.25) is 0 Å². The van der Waals surface area contributed by atoms with E-state index in [9.17, 15) is 8.42 Å². The zero-order valence-corrected chi connectivity index (χ0v) is 11.5. The minimum absolute atomic E-state index is 0.0906. The van der Waals surface area contributed by atoms with E-state index in [4.69, 9.17) is 0 Å². The average molecular weight is 247 g/mol. The van der Waals surface area contributed by atoms with Gasteiger partial charge in [-0.15, -0.1) is 0 Å². The number of sulfone groups is 1. The van der Waals surface area contributed by atoms with E-state index in [1.165, 1.54) is 12.7 Å². The van der Waals surface area contributed by atoms with Crippen molar-refractivity contribution >= 4 is 9.84 Å². The van der Waals surface area contributed by atoms with Crippen LogP contribution in [0.3, 0.4) is 0 Å². The molecule has 0 spiro atoms. The van der Waals surface area contributed by atoms with Gasteiger partial charge in [0.2, 0.25) is 0 Å². The van der Waals surface area contributed by atoms with Gasteiger partial charge in [-0.1, -0.05) is 20.3 Å². The summed E-state index contributed by atoms with van der Waals surface area (Å²) in [4.78, 5) is 0. The van der Waals surface area contributed by atoms with Crippen molar-refractivity contribution < 1.29 is 8.42 Å². The molecule has 0 amide bonds. The van der Waals surface area contributed by atoms with E-state index >= 15 is 0 Å². The van der Waals surface area contributed by atoms with E-state index in [-0.39, 0.29) is 5.25 Å². The van der Waals surface area contributed by atoms with Gasteiger partial charge in [-0.2, -0.15) is 0 Å². The molecule has 96 valence electrons. The predicted octanol–water partition coefficient (Wildman–Crippen LogP) is 1.84. The minimum Gasteiger partial charge on any atom is -0.316 e. The third-order valence-corrected chi connectivity index (χ3v) is 4.96. The predicted molar refractivity (Wildman–Crippen MR) is 68.3 cm³/mol. The molecule has 0 heterocycles. The molecule has 3 nitrogen and oxygen atoms in total. The van der Waals surface area contributed by atoms with Crippen molar-refractivity contribution in [2.75, 3.05) is 19.3 Å². The van der Waals surface area contributed by atoms with Gasteiger partial charge >= 0.3 is 0 Å². The molecular formula is C12H25NO2S. The first-order valence-electron chi connectivity index (χ1n) is 6.29. The molecular weight excluding hydrogens is 222 g/mol. The summed E-state index contributed by atoms with van der Waals surface area (Å²) in [5.74, 6) is 1.21. The maximum atomic E-state index is 11.5. The number of rotatable bonds is 5. The Morgan fingerprint density at radius 1 is 1.31 bits per heavy atom. The van der Waals surface area contributed by atoms with Crippen LogP contribution in [0.15, 0.2) is 0 Å². The van der Waals surface area contributed by atoms with E-state index in [1.807, 2.05) is 0 Å². The van der Waals surface area contributed by atoms with Crippen LogP contribution in [-0.4, -0.2) is 33.0 Å². The van der Waals surface area contributed by atoms with Gasteiger partial charge in [-0.3, -0.25) is 0 Å². The van der Waals surface area contributed by atoms with Crippen molar-refractivity contribution in [1.29, 1.82) is 0 Å². The average Bonchev–Trinajstić information content (AvgIpc) is 2.16. The van der Waals surface area contributed by atoms with Gasteiger partial charge in [0, 0.05) is 6.26 Å². The second kappa shape index (κ2) is 6.01. The lowest BCUT2D eigenvalue weighted by Gasteiger charge is -2.28. The zero-order valence-electron chi connectivity index (χ0n) is 10.7. The Labute approximate surface area is 99.9 Å². The van der Waals surface area contributed by atoms with Crippen LogP contribution in [0.4, 0.5) is 0 Å². The van der Waals surface area contributed by atoms with Gasteiger partial charge in [0.1, 0.15) is 9.84 Å². The van der Waals surface area contributed by atoms with Crippen LogP contribution in [-0.2, 0) is 9.84 Å². The highest BCUT2D eigenvalue weighted by atomic mass is 32.2. The SMILES string of the molecule is CC(C)CNCC1CCCC(S(C)(=O)=O)C1. The molecule has 0 aromatic heterocycles. The van der Waals surface area contributed by atoms with Gasteiger partial charge in [0.15, 0.2) is 0 Å². The Balaban J connectivity index is 2.34. The maximum Gasteiger partial charge on any atom is 0.150 e. The first-order chi connectivity index (χ1) is 7.39. The van der Waals surface area contributed by atoms with Crippen LogP contribution in [0, 0.1) is 11.8 Å². The van der Waals surface area contributed by atoms with Crippen molar-refractivity contribution in [3.8, 4) is 0 Å². The fourth-order valence-electron chi connectivity index (χ4n) is 2.39. The number of hydrogen-bond acceptors (Lipinski definition) is 3. The van der Waals surface area contributed by atoms with E-state index < -0.39 is 9.84 Å². The fourth-order valence-corrected chi connectivity index (χ4v) is 3.61. The summed E-state index contributed by atoms with van der Waals surface area (Å²) in [7, 11) is -2.83. The molecule has 0 aliphatic heterocycles. The number of nitrogens with one attached hydrogen (secondary N) is 1. The Morgan fingerprint density at radius 2 is 2.00 bits per heavy atom. The summed E-state index contributed by atoms with van der Waals surface area (Å²) < 4.78 is 23.0. The van der Waals surface area contributed by atoms with Crippen LogP contribution in [0.1, 0.15) is 39.5 Å². The van der Waals surface area contributed by atoms with Crippen molar-refractivity contribution in [3.63, 3.8) is 0 Å². The fraction of sp³-hybridized carbons (Fsp3) is 1.00. The standard InChI is InChI=1S/C12H25NO2S/c1-10(2)8-13-9-11-5-4-6-12(7-11)16(3,14)15/h10-13H,4-9H2,1-3H3. The van der Waals surface area contributed by atoms with Gasteiger partial charge in [0.25, 0.3) is 0 Å². The highest BCUT2D eigenvalue weighted by Gasteiger charge is 2.28. The summed E-state index contributed by atoms with van der Waals surface area (Å²) in [6, 6.07) is 0. The van der Waals surface area contributed by atoms with Crippen molar-refractivity contribution in [1.82, 2.24) is 5.32 Å². The molecule has 0 saturated heterocycles. The zero-order chi connectivity index (χ0) is 12.2. The third-order valence-electron chi connectivity index (χ3n) is 3.33. The lowest BCUT2D eigenvalue weighted by molar-refractivity contribution is 0.336. The molecule has 1 rings (SSSR count). The van der Waals surface area contributed by atoms with Crippen molar-refractivity contribution in [2.24, 2.45) is 11.8 Å². The Morgan fingerprint density at radius 3 is 2.56 bits per heavy atom. The molecule has 0 aromatic carbocycles. The molecule has 1 fully saturated rings. The summed E-state index contributed by atoms with van der Waals surface area (Å²) in [5.41, 5.74) is 0. The molecule has 1 N–H and O–H groups in total. The summed E-state index contributed by atoms with van der Waals surface area (Å²) >= 11 is 0. The lowest BCUT2D eigenvalue weighted by atomic mass is 9.89. The second-order valence-electron chi connectivity index (χ2n) is 5.54. The van der Waals surface area contributed by atoms with E-state index in [0.29, 0.717) is 11.8 Å². The molecule has 1 aliphatic carbocycles. The van der Waals surface area contributed by atoms with Gasteiger partial charge < -0.3 is 5.32 Å². The van der Waals surface area contributed by atoms with Crippen LogP contribution in [0.25, 0.3) is 0 Å². The van der Waals surface area contributed by atoms with Gasteiger partial charge in [0.05, 0.1) is 5.25 Å². The Kier molecular flexibility index (Phi) is 5.25. The first-order valence-corrected chi connectivity index (χ1v) is 8.24. The van der Waals surface area contributed by atoms with E-state index in [2.05, 4.69) is 19.2 Å². The van der Waals surface area contributed by atoms with Gasteiger partial charge in [-0.25, -0.2) is 8.42 Å². The molecule has 16 heavy (non-hydrogen) atoms. The normalized spacial score (nSPS) is 27.2. The molecule has 0 aromatic rings. The lowest BCUT2D eigenvalue weighted by Crippen LogP contribution is -2.33. The molecule has 4 heteroatoms. The maximum absolute atomic E-state index is 11.5. The summed E-state index contributed by atoms with van der Waals surface area (Å²) in [6.07, 6.45) is 5.33. The molecule has 0 bridgehead atoms. The summed E-state index contributed by atoms with van der Waals surface area (Å²) in [5, 5.41) is 3.34. The molecule has 1 saturated carbocycles. The molecule has 0 radical (unpaired) electrons.